The predicted molar refractivity (Wildman–Crippen MR) is 120 cm³/mol. The minimum atomic E-state index is -0.372. The fraction of sp³-hybridized carbons (Fsp3) is 0.296. The van der Waals surface area contributed by atoms with Crippen molar-refractivity contribution in [3.8, 4) is 0 Å². The van der Waals surface area contributed by atoms with Crippen LogP contribution < -0.4 is 0 Å². The molecule has 0 N–H and O–H groups in total. The second-order valence-electron chi connectivity index (χ2n) is 7.97. The summed E-state index contributed by atoms with van der Waals surface area (Å²) in [6.07, 6.45) is 2.86. The zero-order chi connectivity index (χ0) is 20.6. The zero-order valence-electron chi connectivity index (χ0n) is 17.3. The molecule has 4 rings (SSSR count). The van der Waals surface area contributed by atoms with Gasteiger partial charge in [0.2, 0.25) is 0 Å². The number of hydrogen-bond donors (Lipinski definition) is 0. The van der Waals surface area contributed by atoms with Crippen LogP contribution in [0, 0.1) is 0 Å². The molecule has 0 amide bonds. The summed E-state index contributed by atoms with van der Waals surface area (Å²) >= 11 is 0. The van der Waals surface area contributed by atoms with E-state index in [0.29, 0.717) is 0 Å². The van der Waals surface area contributed by atoms with Crippen molar-refractivity contribution in [2.45, 2.75) is 31.3 Å². The fourth-order valence-corrected chi connectivity index (χ4v) is 4.17. The maximum absolute atomic E-state index is 13.2. The summed E-state index contributed by atoms with van der Waals surface area (Å²) in [5, 5.41) is 0. The molecule has 1 saturated heterocycles. The van der Waals surface area contributed by atoms with Crippen LogP contribution in [0.1, 0.15) is 35.4 Å². The van der Waals surface area contributed by atoms with Gasteiger partial charge in [-0.2, -0.15) is 0 Å². The highest BCUT2D eigenvalue weighted by atomic mass is 16.5. The Bertz CT molecular complexity index is 864. The van der Waals surface area contributed by atoms with E-state index in [4.69, 9.17) is 4.74 Å². The first kappa shape index (κ1) is 20.4. The fourth-order valence-electron chi connectivity index (χ4n) is 4.17. The van der Waals surface area contributed by atoms with Crippen molar-refractivity contribution in [3.05, 3.63) is 108 Å². The molecule has 1 fully saturated rings. The summed E-state index contributed by atoms with van der Waals surface area (Å²) in [7, 11) is 0. The maximum Gasteiger partial charge on any atom is 0.318 e. The van der Waals surface area contributed by atoms with Crippen molar-refractivity contribution in [1.29, 1.82) is 0 Å². The van der Waals surface area contributed by atoms with Crippen molar-refractivity contribution < 1.29 is 9.53 Å². The third kappa shape index (κ3) is 5.37. The highest BCUT2D eigenvalue weighted by Crippen LogP contribution is 2.27. The Morgan fingerprint density at radius 2 is 1.30 bits per heavy atom. The smallest absolute Gasteiger partial charge is 0.318 e. The molecule has 0 bridgehead atoms. The van der Waals surface area contributed by atoms with Crippen LogP contribution in [0.2, 0.25) is 0 Å². The second kappa shape index (κ2) is 10.2. The van der Waals surface area contributed by atoms with E-state index in [2.05, 4.69) is 35.2 Å². The van der Waals surface area contributed by atoms with Crippen LogP contribution in [0.5, 0.6) is 0 Å². The molecule has 3 aromatic rings. The molecular weight excluding hydrogens is 370 g/mol. The van der Waals surface area contributed by atoms with Crippen molar-refractivity contribution in [2.24, 2.45) is 0 Å². The molecule has 0 aromatic heterocycles. The van der Waals surface area contributed by atoms with Gasteiger partial charge >= 0.3 is 5.97 Å². The van der Waals surface area contributed by atoms with E-state index in [9.17, 15) is 4.79 Å². The normalized spacial score (nSPS) is 15.2. The van der Waals surface area contributed by atoms with E-state index in [1.807, 2.05) is 60.7 Å². The maximum atomic E-state index is 13.2. The van der Waals surface area contributed by atoms with E-state index >= 15 is 0 Å². The summed E-state index contributed by atoms with van der Waals surface area (Å²) in [5.74, 6) is -0.515. The standard InChI is InChI=1S/C27H29NO2/c29-27(26(23-12-6-2-7-13-23)24-14-8-3-9-15-24)30-25-17-20-28(21-18-25)19-16-22-10-4-1-5-11-22/h1-15,25-26H,16-21H2. The van der Waals surface area contributed by atoms with Gasteiger partial charge in [0.05, 0.1) is 0 Å². The molecule has 1 aliphatic rings. The first-order valence-electron chi connectivity index (χ1n) is 10.9. The molecule has 0 atom stereocenters. The Balaban J connectivity index is 1.34. The number of piperidine rings is 1. The first-order valence-corrected chi connectivity index (χ1v) is 10.9. The van der Waals surface area contributed by atoms with E-state index < -0.39 is 0 Å². The lowest BCUT2D eigenvalue weighted by Gasteiger charge is -2.32. The van der Waals surface area contributed by atoms with Gasteiger partial charge in [-0.05, 0) is 36.0 Å². The number of esters is 1. The Morgan fingerprint density at radius 1 is 0.800 bits per heavy atom. The van der Waals surface area contributed by atoms with Gasteiger partial charge in [0, 0.05) is 19.6 Å². The lowest BCUT2D eigenvalue weighted by Crippen LogP contribution is -2.39. The van der Waals surface area contributed by atoms with Gasteiger partial charge in [-0.15, -0.1) is 0 Å². The van der Waals surface area contributed by atoms with Crippen LogP contribution in [0.3, 0.4) is 0 Å². The molecule has 0 saturated carbocycles. The molecule has 30 heavy (non-hydrogen) atoms. The van der Waals surface area contributed by atoms with Crippen molar-refractivity contribution in [1.82, 2.24) is 4.90 Å². The summed E-state index contributed by atoms with van der Waals surface area (Å²) < 4.78 is 6.01. The number of likely N-dealkylation sites (tertiary alicyclic amines) is 1. The number of nitrogens with zero attached hydrogens (tertiary/aromatic N) is 1. The summed E-state index contributed by atoms with van der Waals surface area (Å²) in [4.78, 5) is 15.6. The van der Waals surface area contributed by atoms with Gasteiger partial charge in [-0.25, -0.2) is 0 Å². The van der Waals surface area contributed by atoms with Crippen molar-refractivity contribution in [3.63, 3.8) is 0 Å². The molecule has 3 aromatic carbocycles. The quantitative estimate of drug-likeness (QED) is 0.520. The third-order valence-electron chi connectivity index (χ3n) is 5.88. The van der Waals surface area contributed by atoms with Crippen LogP contribution >= 0.6 is 0 Å². The summed E-state index contributed by atoms with van der Waals surface area (Å²) in [6.45, 7) is 3.01. The van der Waals surface area contributed by atoms with Gasteiger partial charge in [-0.1, -0.05) is 91.0 Å². The Morgan fingerprint density at radius 3 is 1.83 bits per heavy atom. The lowest BCUT2D eigenvalue weighted by molar-refractivity contribution is -0.152. The highest BCUT2D eigenvalue weighted by molar-refractivity contribution is 5.82. The molecule has 3 nitrogen and oxygen atoms in total. The van der Waals surface area contributed by atoms with Crippen LogP contribution in [-0.2, 0) is 16.0 Å². The number of ether oxygens (including phenoxy) is 1. The largest absolute Gasteiger partial charge is 0.462 e. The van der Waals surface area contributed by atoms with Crippen molar-refractivity contribution >= 4 is 5.97 Å². The van der Waals surface area contributed by atoms with Crippen molar-refractivity contribution in [2.75, 3.05) is 19.6 Å². The average molecular weight is 400 g/mol. The third-order valence-corrected chi connectivity index (χ3v) is 5.88. The van der Waals surface area contributed by atoms with Gasteiger partial charge in [0.25, 0.3) is 0 Å². The number of carbonyl (C=O) groups excluding carboxylic acids is 1. The molecule has 0 aliphatic carbocycles. The number of carbonyl (C=O) groups is 1. The van der Waals surface area contributed by atoms with Gasteiger partial charge in [0.1, 0.15) is 12.0 Å². The molecule has 1 heterocycles. The molecule has 0 radical (unpaired) electrons. The second-order valence-corrected chi connectivity index (χ2v) is 7.97. The van der Waals surface area contributed by atoms with E-state index in [1.165, 1.54) is 5.56 Å². The Kier molecular flexibility index (Phi) is 6.94. The predicted octanol–water partition coefficient (Wildman–Crippen LogP) is 5.07. The van der Waals surface area contributed by atoms with E-state index in [0.717, 1.165) is 50.0 Å². The Labute approximate surface area is 179 Å². The SMILES string of the molecule is O=C(OC1CCN(CCc2ccccc2)CC1)C(c1ccccc1)c1ccccc1. The van der Waals surface area contributed by atoms with Gasteiger partial charge in [0.15, 0.2) is 0 Å². The minimum absolute atomic E-state index is 0.000370. The molecular formula is C27H29NO2. The molecule has 0 unspecified atom stereocenters. The summed E-state index contributed by atoms with van der Waals surface area (Å²) in [6, 6.07) is 30.5. The first-order chi connectivity index (χ1) is 14.8. The minimum Gasteiger partial charge on any atom is -0.462 e. The number of hydrogen-bond acceptors (Lipinski definition) is 3. The highest BCUT2D eigenvalue weighted by Gasteiger charge is 2.28. The number of benzene rings is 3. The summed E-state index contributed by atoms with van der Waals surface area (Å²) in [5.41, 5.74) is 3.34. The zero-order valence-corrected chi connectivity index (χ0v) is 17.3. The molecule has 154 valence electrons. The van der Waals surface area contributed by atoms with Gasteiger partial charge in [-0.3, -0.25) is 4.79 Å². The average Bonchev–Trinajstić information content (AvgIpc) is 2.81. The van der Waals surface area contributed by atoms with Crippen LogP contribution in [0.15, 0.2) is 91.0 Å². The molecule has 0 spiro atoms. The topological polar surface area (TPSA) is 29.5 Å². The van der Waals surface area contributed by atoms with Crippen LogP contribution in [-0.4, -0.2) is 36.6 Å². The number of rotatable bonds is 7. The Hall–Kier alpha value is -2.91. The van der Waals surface area contributed by atoms with E-state index in [-0.39, 0.29) is 18.0 Å². The molecule has 1 aliphatic heterocycles. The monoisotopic (exact) mass is 399 g/mol. The van der Waals surface area contributed by atoms with Gasteiger partial charge < -0.3 is 9.64 Å². The lowest BCUT2D eigenvalue weighted by atomic mass is 9.91. The molecule has 3 heteroatoms. The van der Waals surface area contributed by atoms with E-state index in [1.54, 1.807) is 0 Å². The van der Waals surface area contributed by atoms with Crippen LogP contribution in [0.25, 0.3) is 0 Å². The van der Waals surface area contributed by atoms with Crippen LogP contribution in [0.4, 0.5) is 0 Å².